The van der Waals surface area contributed by atoms with Crippen LogP contribution in [0.1, 0.15) is 34.1 Å². The molecule has 57 heavy (non-hydrogen) atoms. The van der Waals surface area contributed by atoms with Crippen molar-refractivity contribution in [3.05, 3.63) is 216 Å². The van der Waals surface area contributed by atoms with Gasteiger partial charge in [0.1, 0.15) is 0 Å². The van der Waals surface area contributed by atoms with Crippen molar-refractivity contribution in [2.45, 2.75) is 11.8 Å². The number of aromatic nitrogens is 3. The van der Waals surface area contributed by atoms with Gasteiger partial charge in [0.25, 0.3) is 0 Å². The summed E-state index contributed by atoms with van der Waals surface area (Å²) >= 11 is 1.79. The van der Waals surface area contributed by atoms with Crippen LogP contribution in [-0.4, -0.2) is 15.0 Å². The lowest BCUT2D eigenvalue weighted by Crippen LogP contribution is -2.16. The summed E-state index contributed by atoms with van der Waals surface area (Å²) < 4.78 is 2.43. The molecule has 2 atom stereocenters. The maximum atomic E-state index is 5.33. The van der Waals surface area contributed by atoms with E-state index in [0.29, 0.717) is 17.5 Å². The van der Waals surface area contributed by atoms with E-state index in [2.05, 4.69) is 182 Å². The summed E-state index contributed by atoms with van der Waals surface area (Å²) in [5, 5.41) is 4.79. The van der Waals surface area contributed by atoms with E-state index in [-0.39, 0.29) is 11.8 Å². The number of thiophene rings is 1. The Morgan fingerprint density at radius 1 is 0.368 bits per heavy atom. The van der Waals surface area contributed by atoms with Crippen molar-refractivity contribution in [3.63, 3.8) is 0 Å². The van der Waals surface area contributed by atoms with Crippen LogP contribution in [-0.2, 0) is 0 Å². The molecule has 0 amide bonds. The van der Waals surface area contributed by atoms with Crippen LogP contribution in [0.2, 0.25) is 0 Å². The molecule has 2 aromatic heterocycles. The number of nitrogens with zero attached hydrogens (tertiary/aromatic N) is 3. The number of fused-ring (bicyclic) bond motifs is 5. The van der Waals surface area contributed by atoms with E-state index in [1.807, 2.05) is 18.2 Å². The summed E-state index contributed by atoms with van der Waals surface area (Å²) in [6.45, 7) is 0. The summed E-state index contributed by atoms with van der Waals surface area (Å²) in [5.41, 5.74) is 10.6. The van der Waals surface area contributed by atoms with Gasteiger partial charge in [-0.15, -0.1) is 11.3 Å². The zero-order valence-corrected chi connectivity index (χ0v) is 31.8. The molecule has 3 nitrogen and oxygen atoms in total. The Hall–Kier alpha value is -7.01. The summed E-state index contributed by atoms with van der Waals surface area (Å²) in [6.07, 6.45) is 4.72. The molecule has 0 saturated carbocycles. The van der Waals surface area contributed by atoms with Crippen LogP contribution in [0, 0.1) is 0 Å². The van der Waals surface area contributed by atoms with Gasteiger partial charge in [0.2, 0.25) is 0 Å². The van der Waals surface area contributed by atoms with Crippen LogP contribution in [0.3, 0.4) is 0 Å². The highest BCUT2D eigenvalue weighted by atomic mass is 32.1. The fourth-order valence-electron chi connectivity index (χ4n) is 8.82. The molecule has 1 aliphatic rings. The third-order valence-corrected chi connectivity index (χ3v) is 12.6. The molecule has 4 heteroatoms. The van der Waals surface area contributed by atoms with E-state index >= 15 is 0 Å². The molecule has 0 saturated heterocycles. The van der Waals surface area contributed by atoms with Crippen molar-refractivity contribution in [1.29, 1.82) is 0 Å². The molecule has 11 rings (SSSR count). The van der Waals surface area contributed by atoms with Crippen molar-refractivity contribution in [2.24, 2.45) is 0 Å². The molecule has 1 aliphatic carbocycles. The van der Waals surface area contributed by atoms with Crippen molar-refractivity contribution in [1.82, 2.24) is 15.0 Å². The average Bonchev–Trinajstić information content (AvgIpc) is 3.68. The standard InChI is InChI=1S/C53H35N3S/c1-3-16-34(17-4-1)37-21-9-10-23-39(37)43-31-30-35-18-7-8-22-38(35)49(43)44-32-33-46(41-25-12-11-24-40(41)44)52-54-51(36-19-5-2-6-20-36)55-53(56-52)47-28-15-27-45-42-26-13-14-29-48(42)57-50(45)47/h1-33,43,49H. The number of rotatable bonds is 6. The first-order chi connectivity index (χ1) is 28.3. The van der Waals surface area contributed by atoms with Crippen LogP contribution in [0.4, 0.5) is 0 Å². The van der Waals surface area contributed by atoms with Gasteiger partial charge in [-0.2, -0.15) is 0 Å². The second-order valence-electron chi connectivity index (χ2n) is 14.6. The van der Waals surface area contributed by atoms with E-state index in [1.165, 1.54) is 58.9 Å². The molecule has 8 aromatic carbocycles. The van der Waals surface area contributed by atoms with E-state index in [9.17, 15) is 0 Å². The summed E-state index contributed by atoms with van der Waals surface area (Å²) in [6, 6.07) is 67.2. The Morgan fingerprint density at radius 3 is 1.79 bits per heavy atom. The van der Waals surface area contributed by atoms with Gasteiger partial charge in [-0.3, -0.25) is 0 Å². The maximum absolute atomic E-state index is 5.33. The molecule has 2 heterocycles. The highest BCUT2D eigenvalue weighted by Gasteiger charge is 2.32. The number of allylic oxidation sites excluding steroid dienone is 1. The van der Waals surface area contributed by atoms with E-state index in [1.54, 1.807) is 11.3 Å². The van der Waals surface area contributed by atoms with Crippen molar-refractivity contribution in [3.8, 4) is 45.3 Å². The Labute approximate surface area is 335 Å². The van der Waals surface area contributed by atoms with Gasteiger partial charge in [-0.1, -0.05) is 188 Å². The minimum Gasteiger partial charge on any atom is -0.208 e. The molecule has 10 aromatic rings. The first-order valence-corrected chi connectivity index (χ1v) is 20.3. The van der Waals surface area contributed by atoms with E-state index in [0.717, 1.165) is 22.1 Å². The van der Waals surface area contributed by atoms with Gasteiger partial charge in [-0.05, 0) is 56.3 Å². The third kappa shape index (κ3) is 5.76. The Morgan fingerprint density at radius 2 is 0.965 bits per heavy atom. The van der Waals surface area contributed by atoms with Crippen molar-refractivity contribution >= 4 is 48.4 Å². The molecule has 0 radical (unpaired) electrons. The molecule has 0 N–H and O–H groups in total. The second kappa shape index (κ2) is 13.9. The first kappa shape index (κ1) is 33.3. The summed E-state index contributed by atoms with van der Waals surface area (Å²) in [5.74, 6) is 2.18. The number of hydrogen-bond acceptors (Lipinski definition) is 4. The van der Waals surface area contributed by atoms with Gasteiger partial charge in [0, 0.05) is 48.7 Å². The monoisotopic (exact) mass is 745 g/mol. The molecular formula is C53H35N3S. The lowest BCUT2D eigenvalue weighted by atomic mass is 9.70. The van der Waals surface area contributed by atoms with Crippen LogP contribution < -0.4 is 0 Å². The van der Waals surface area contributed by atoms with Crippen LogP contribution in [0.25, 0.3) is 82.3 Å². The lowest BCUT2D eigenvalue weighted by molar-refractivity contribution is 0.714. The average molecular weight is 746 g/mol. The van der Waals surface area contributed by atoms with Gasteiger partial charge >= 0.3 is 0 Å². The highest BCUT2D eigenvalue weighted by molar-refractivity contribution is 7.26. The molecule has 0 spiro atoms. The number of benzene rings is 8. The quantitative estimate of drug-likeness (QED) is 0.170. The lowest BCUT2D eigenvalue weighted by Gasteiger charge is -2.33. The Bertz CT molecular complexity index is 3150. The molecule has 0 aliphatic heterocycles. The topological polar surface area (TPSA) is 38.7 Å². The van der Waals surface area contributed by atoms with Gasteiger partial charge in [0.05, 0.1) is 0 Å². The minimum atomic E-state index is 0.0781. The largest absolute Gasteiger partial charge is 0.208 e. The summed E-state index contributed by atoms with van der Waals surface area (Å²) in [7, 11) is 0. The molecule has 0 fully saturated rings. The highest BCUT2D eigenvalue weighted by Crippen LogP contribution is 2.49. The van der Waals surface area contributed by atoms with Gasteiger partial charge in [-0.25, -0.2) is 15.0 Å². The molecular weight excluding hydrogens is 711 g/mol. The SMILES string of the molecule is C1=CC(c2ccccc2-c2ccccc2)C(c2ccc(-c3nc(-c4ccccc4)nc(-c4cccc5c4sc4ccccc45)n3)c3ccccc23)c2ccccc21. The van der Waals surface area contributed by atoms with E-state index < -0.39 is 0 Å². The third-order valence-electron chi connectivity index (χ3n) is 11.4. The minimum absolute atomic E-state index is 0.0781. The fraction of sp³-hybridized carbons (Fsp3) is 0.0377. The predicted molar refractivity (Wildman–Crippen MR) is 238 cm³/mol. The summed E-state index contributed by atoms with van der Waals surface area (Å²) in [4.78, 5) is 15.7. The zero-order valence-electron chi connectivity index (χ0n) is 31.0. The van der Waals surface area contributed by atoms with Crippen LogP contribution in [0.5, 0.6) is 0 Å². The Kier molecular flexibility index (Phi) is 8.15. The second-order valence-corrected chi connectivity index (χ2v) is 15.7. The molecule has 2 unspecified atom stereocenters. The van der Waals surface area contributed by atoms with E-state index in [4.69, 9.17) is 15.0 Å². The van der Waals surface area contributed by atoms with Crippen molar-refractivity contribution in [2.75, 3.05) is 0 Å². The molecule has 0 bridgehead atoms. The maximum Gasteiger partial charge on any atom is 0.165 e. The molecule has 268 valence electrons. The van der Waals surface area contributed by atoms with Gasteiger partial charge < -0.3 is 0 Å². The normalized spacial score (nSPS) is 14.9. The predicted octanol–water partition coefficient (Wildman–Crippen LogP) is 14.0. The van der Waals surface area contributed by atoms with Crippen LogP contribution >= 0.6 is 11.3 Å². The van der Waals surface area contributed by atoms with Gasteiger partial charge in [0.15, 0.2) is 17.5 Å². The fourth-order valence-corrected chi connectivity index (χ4v) is 10.0. The number of hydrogen-bond donors (Lipinski definition) is 0. The zero-order chi connectivity index (χ0) is 37.7. The smallest absolute Gasteiger partial charge is 0.165 e. The van der Waals surface area contributed by atoms with Crippen LogP contribution in [0.15, 0.2) is 194 Å². The van der Waals surface area contributed by atoms with Crippen molar-refractivity contribution < 1.29 is 0 Å². The Balaban J connectivity index is 1.12. The first-order valence-electron chi connectivity index (χ1n) is 19.4.